The first-order chi connectivity index (χ1) is 12.3. The highest BCUT2D eigenvalue weighted by Crippen LogP contribution is 2.25. The Hall–Kier alpha value is -3.07. The van der Waals surface area contributed by atoms with E-state index >= 15 is 0 Å². The molecule has 3 aromatic carbocycles. The van der Waals surface area contributed by atoms with Crippen molar-refractivity contribution in [3.8, 4) is 5.75 Å². The van der Waals surface area contributed by atoms with Gasteiger partial charge in [0.25, 0.3) is 0 Å². The predicted octanol–water partition coefficient (Wildman–Crippen LogP) is 4.64. The summed E-state index contributed by atoms with van der Waals surface area (Å²) in [6.45, 7) is 0.452. The lowest BCUT2D eigenvalue weighted by molar-refractivity contribution is 0.0600. The highest BCUT2D eigenvalue weighted by molar-refractivity contribution is 5.89. The molecule has 0 unspecified atom stereocenters. The number of carbonyl (C=O) groups excluding carboxylic acids is 1. The second-order valence-electron chi connectivity index (χ2n) is 5.75. The molecule has 3 nitrogen and oxygen atoms in total. The van der Waals surface area contributed by atoms with Gasteiger partial charge in [-0.05, 0) is 28.8 Å². The molecule has 3 heteroatoms. The molecule has 0 bridgehead atoms. The van der Waals surface area contributed by atoms with Crippen LogP contribution < -0.4 is 4.74 Å². The molecule has 0 atom stereocenters. The molecule has 0 saturated carbocycles. The first-order valence-electron chi connectivity index (χ1n) is 8.18. The quantitative estimate of drug-likeness (QED) is 0.617. The summed E-state index contributed by atoms with van der Waals surface area (Å²) in [6, 6.07) is 25.6. The second kappa shape index (κ2) is 8.15. The van der Waals surface area contributed by atoms with Gasteiger partial charge in [0, 0.05) is 6.42 Å². The number of benzene rings is 3. The molecule has 0 fully saturated rings. The average Bonchev–Trinajstić information content (AvgIpc) is 2.68. The van der Waals surface area contributed by atoms with E-state index in [0.717, 1.165) is 17.5 Å². The number of hydrogen-bond acceptors (Lipinski definition) is 3. The monoisotopic (exact) mass is 332 g/mol. The molecule has 0 aliphatic heterocycles. The van der Waals surface area contributed by atoms with Crippen LogP contribution in [0.5, 0.6) is 5.75 Å². The zero-order valence-electron chi connectivity index (χ0n) is 14.1. The fourth-order valence-corrected chi connectivity index (χ4v) is 2.63. The number of methoxy groups -OCH3 is 1. The van der Waals surface area contributed by atoms with Gasteiger partial charge in [0.2, 0.25) is 0 Å². The average molecular weight is 332 g/mol. The summed E-state index contributed by atoms with van der Waals surface area (Å²) in [6.07, 6.45) is 0.742. The Morgan fingerprint density at radius 2 is 1.48 bits per heavy atom. The van der Waals surface area contributed by atoms with E-state index in [2.05, 4.69) is 12.1 Å². The van der Waals surface area contributed by atoms with Crippen molar-refractivity contribution in [2.45, 2.75) is 13.0 Å². The maximum absolute atomic E-state index is 11.8. The van der Waals surface area contributed by atoms with Gasteiger partial charge in [0.15, 0.2) is 0 Å². The summed E-state index contributed by atoms with van der Waals surface area (Å²) in [5.41, 5.74) is 3.80. The van der Waals surface area contributed by atoms with Gasteiger partial charge in [-0.2, -0.15) is 0 Å². The van der Waals surface area contributed by atoms with Crippen molar-refractivity contribution >= 4 is 5.97 Å². The van der Waals surface area contributed by atoms with E-state index in [-0.39, 0.29) is 5.97 Å². The molecule has 0 spiro atoms. The minimum absolute atomic E-state index is 0.365. The van der Waals surface area contributed by atoms with Crippen LogP contribution in [-0.2, 0) is 17.8 Å². The summed E-state index contributed by atoms with van der Waals surface area (Å²) in [5, 5.41) is 0. The first kappa shape index (κ1) is 16.8. The molecular weight excluding hydrogens is 312 g/mol. The molecular formula is C22H20O3. The summed E-state index contributed by atoms with van der Waals surface area (Å²) in [4.78, 5) is 11.8. The van der Waals surface area contributed by atoms with Gasteiger partial charge in [0.1, 0.15) is 12.4 Å². The Labute approximate surface area is 147 Å². The molecule has 25 heavy (non-hydrogen) atoms. The lowest BCUT2D eigenvalue weighted by Crippen LogP contribution is -2.05. The largest absolute Gasteiger partial charge is 0.489 e. The van der Waals surface area contributed by atoms with E-state index in [1.165, 1.54) is 12.7 Å². The third kappa shape index (κ3) is 4.48. The summed E-state index contributed by atoms with van der Waals surface area (Å²) in [7, 11) is 1.38. The Balaban J connectivity index is 1.86. The molecule has 0 aliphatic carbocycles. The normalized spacial score (nSPS) is 10.3. The van der Waals surface area contributed by atoms with Crippen LogP contribution in [-0.4, -0.2) is 13.1 Å². The van der Waals surface area contributed by atoms with Gasteiger partial charge < -0.3 is 9.47 Å². The molecule has 0 amide bonds. The van der Waals surface area contributed by atoms with Crippen molar-refractivity contribution in [1.82, 2.24) is 0 Å². The topological polar surface area (TPSA) is 35.5 Å². The van der Waals surface area contributed by atoms with Crippen molar-refractivity contribution in [3.63, 3.8) is 0 Å². The SMILES string of the molecule is COC(=O)c1ccc(Cc2ccccc2)c(OCc2ccccc2)c1. The maximum atomic E-state index is 11.8. The molecule has 0 saturated heterocycles. The van der Waals surface area contributed by atoms with Crippen LogP contribution >= 0.6 is 0 Å². The Morgan fingerprint density at radius 1 is 0.840 bits per heavy atom. The minimum atomic E-state index is -0.365. The smallest absolute Gasteiger partial charge is 0.337 e. The molecule has 0 radical (unpaired) electrons. The van der Waals surface area contributed by atoms with E-state index in [9.17, 15) is 4.79 Å². The van der Waals surface area contributed by atoms with E-state index in [4.69, 9.17) is 9.47 Å². The van der Waals surface area contributed by atoms with Crippen LogP contribution in [0.2, 0.25) is 0 Å². The first-order valence-corrected chi connectivity index (χ1v) is 8.18. The van der Waals surface area contributed by atoms with Gasteiger partial charge in [0.05, 0.1) is 12.7 Å². The van der Waals surface area contributed by atoms with Crippen LogP contribution in [0.4, 0.5) is 0 Å². The summed E-state index contributed by atoms with van der Waals surface area (Å²) in [5.74, 6) is 0.339. The number of esters is 1. The van der Waals surface area contributed by atoms with Crippen molar-refractivity contribution in [1.29, 1.82) is 0 Å². The third-order valence-electron chi connectivity index (χ3n) is 3.96. The molecule has 3 aromatic rings. The Morgan fingerprint density at radius 3 is 2.12 bits per heavy atom. The lowest BCUT2D eigenvalue weighted by atomic mass is 10.0. The van der Waals surface area contributed by atoms with E-state index < -0.39 is 0 Å². The zero-order chi connectivity index (χ0) is 17.5. The van der Waals surface area contributed by atoms with Crippen LogP contribution in [0.3, 0.4) is 0 Å². The maximum Gasteiger partial charge on any atom is 0.337 e. The van der Waals surface area contributed by atoms with Crippen LogP contribution in [0.15, 0.2) is 78.9 Å². The molecule has 126 valence electrons. The van der Waals surface area contributed by atoms with Gasteiger partial charge >= 0.3 is 5.97 Å². The fraction of sp³-hybridized carbons (Fsp3) is 0.136. The van der Waals surface area contributed by atoms with Crippen LogP contribution in [0.25, 0.3) is 0 Å². The molecule has 0 N–H and O–H groups in total. The van der Waals surface area contributed by atoms with E-state index in [0.29, 0.717) is 17.9 Å². The molecule has 0 heterocycles. The molecule has 3 rings (SSSR count). The second-order valence-corrected chi connectivity index (χ2v) is 5.75. The van der Waals surface area contributed by atoms with E-state index in [1.54, 1.807) is 12.1 Å². The Bertz CT molecular complexity index is 826. The van der Waals surface area contributed by atoms with Gasteiger partial charge in [-0.15, -0.1) is 0 Å². The zero-order valence-corrected chi connectivity index (χ0v) is 14.1. The molecule has 0 aromatic heterocycles. The highest BCUT2D eigenvalue weighted by Gasteiger charge is 2.12. The number of rotatable bonds is 6. The van der Waals surface area contributed by atoms with Gasteiger partial charge in [-0.25, -0.2) is 4.79 Å². The Kier molecular flexibility index (Phi) is 5.47. The van der Waals surface area contributed by atoms with Crippen LogP contribution in [0, 0.1) is 0 Å². The predicted molar refractivity (Wildman–Crippen MR) is 97.8 cm³/mol. The van der Waals surface area contributed by atoms with Crippen molar-refractivity contribution < 1.29 is 14.3 Å². The van der Waals surface area contributed by atoms with Gasteiger partial charge in [-0.1, -0.05) is 66.7 Å². The third-order valence-corrected chi connectivity index (χ3v) is 3.96. The van der Waals surface area contributed by atoms with E-state index in [1.807, 2.05) is 54.6 Å². The summed E-state index contributed by atoms with van der Waals surface area (Å²) >= 11 is 0. The highest BCUT2D eigenvalue weighted by atomic mass is 16.5. The summed E-state index contributed by atoms with van der Waals surface area (Å²) < 4.78 is 10.8. The standard InChI is InChI=1S/C22H20O3/c1-24-22(23)20-13-12-19(14-17-8-4-2-5-9-17)21(15-20)25-16-18-10-6-3-7-11-18/h2-13,15H,14,16H2,1H3. The van der Waals surface area contributed by atoms with Crippen molar-refractivity contribution in [3.05, 3.63) is 101 Å². The fourth-order valence-electron chi connectivity index (χ4n) is 2.63. The van der Waals surface area contributed by atoms with Crippen molar-refractivity contribution in [2.75, 3.05) is 7.11 Å². The van der Waals surface area contributed by atoms with Crippen LogP contribution in [0.1, 0.15) is 27.0 Å². The molecule has 0 aliphatic rings. The lowest BCUT2D eigenvalue weighted by Gasteiger charge is -2.13. The van der Waals surface area contributed by atoms with Gasteiger partial charge in [-0.3, -0.25) is 0 Å². The number of hydrogen-bond donors (Lipinski definition) is 0. The number of carbonyl (C=O) groups is 1. The van der Waals surface area contributed by atoms with Crippen molar-refractivity contribution in [2.24, 2.45) is 0 Å². The minimum Gasteiger partial charge on any atom is -0.489 e. The number of ether oxygens (including phenoxy) is 2.